The average Bonchev–Trinajstić information content (AvgIpc) is 4.01. The van der Waals surface area contributed by atoms with Crippen LogP contribution in [0.25, 0.3) is 32.9 Å². The zero-order valence-electron chi connectivity index (χ0n) is 33.4. The van der Waals surface area contributed by atoms with Crippen molar-refractivity contribution in [3.8, 4) is 29.6 Å². The topological polar surface area (TPSA) is 104 Å². The van der Waals surface area contributed by atoms with Crippen LogP contribution in [0.5, 0.6) is 6.01 Å². The van der Waals surface area contributed by atoms with Crippen molar-refractivity contribution in [2.24, 2.45) is 11.3 Å². The van der Waals surface area contributed by atoms with E-state index in [0.717, 1.165) is 87.3 Å². The van der Waals surface area contributed by atoms with Crippen LogP contribution in [0.1, 0.15) is 72.2 Å². The molecule has 7 rings (SSSR count). The fraction of sp³-hybridized carbons (Fsp3) is 0.413. The van der Waals surface area contributed by atoms with Gasteiger partial charge in [-0.2, -0.15) is 9.97 Å². The molecule has 2 aromatic heterocycles. The van der Waals surface area contributed by atoms with E-state index >= 15 is 4.39 Å². The summed E-state index contributed by atoms with van der Waals surface area (Å²) < 4.78 is 23.5. The number of carbonyl (C=O) groups excluding carboxylic acids is 2. The molecule has 57 heavy (non-hydrogen) atoms. The van der Waals surface area contributed by atoms with Gasteiger partial charge in [-0.05, 0) is 88.7 Å². The van der Waals surface area contributed by atoms with Gasteiger partial charge >= 0.3 is 6.01 Å². The van der Waals surface area contributed by atoms with Crippen LogP contribution in [0.15, 0.2) is 60.8 Å². The van der Waals surface area contributed by atoms with Gasteiger partial charge in [0.25, 0.3) is 0 Å². The highest BCUT2D eigenvalue weighted by Crippen LogP contribution is 2.47. The molecule has 1 saturated heterocycles. The first-order chi connectivity index (χ1) is 27.7. The molecule has 5 aromatic rings. The number of benzene rings is 3. The number of pyridine rings is 1. The summed E-state index contributed by atoms with van der Waals surface area (Å²) in [5.41, 5.74) is 3.45. The van der Waals surface area contributed by atoms with Gasteiger partial charge in [-0.3, -0.25) is 14.6 Å². The van der Waals surface area contributed by atoms with Gasteiger partial charge in [0.15, 0.2) is 18.4 Å². The van der Waals surface area contributed by atoms with Crippen molar-refractivity contribution in [1.82, 2.24) is 25.2 Å². The zero-order chi connectivity index (χ0) is 40.1. The fourth-order valence-corrected chi connectivity index (χ4v) is 8.39. The lowest BCUT2D eigenvalue weighted by molar-refractivity contribution is 0.109. The van der Waals surface area contributed by atoms with E-state index in [1.54, 1.807) is 12.3 Å². The van der Waals surface area contributed by atoms with Gasteiger partial charge < -0.3 is 24.8 Å². The molecular formula is C46H52FN7O3. The summed E-state index contributed by atoms with van der Waals surface area (Å²) in [6, 6.07) is 17.3. The first-order valence-electron chi connectivity index (χ1n) is 20.1. The van der Waals surface area contributed by atoms with Crippen LogP contribution in [0.3, 0.4) is 0 Å². The van der Waals surface area contributed by atoms with Gasteiger partial charge in [0, 0.05) is 90.2 Å². The molecule has 10 nitrogen and oxygen atoms in total. The number of terminal acetylenes is 1. The van der Waals surface area contributed by atoms with E-state index < -0.39 is 5.82 Å². The second kappa shape index (κ2) is 17.4. The molecule has 0 bridgehead atoms. The van der Waals surface area contributed by atoms with Crippen molar-refractivity contribution >= 4 is 45.8 Å². The maximum atomic E-state index is 17.0. The van der Waals surface area contributed by atoms with Crippen LogP contribution in [0.2, 0.25) is 0 Å². The van der Waals surface area contributed by atoms with E-state index in [4.69, 9.17) is 26.1 Å². The van der Waals surface area contributed by atoms with E-state index in [9.17, 15) is 9.59 Å². The van der Waals surface area contributed by atoms with Crippen LogP contribution in [-0.2, 0) is 0 Å². The molecule has 1 saturated carbocycles. The molecule has 1 aliphatic heterocycles. The van der Waals surface area contributed by atoms with Crippen molar-refractivity contribution in [2.75, 3.05) is 69.8 Å². The number of piperidine rings is 1. The van der Waals surface area contributed by atoms with Crippen molar-refractivity contribution in [1.29, 1.82) is 0 Å². The first kappa shape index (κ1) is 39.8. The summed E-state index contributed by atoms with van der Waals surface area (Å²) in [7, 11) is 4.13. The number of anilines is 2. The van der Waals surface area contributed by atoms with Crippen molar-refractivity contribution < 1.29 is 18.7 Å². The standard InChI is InChI=1S/C46H52FN7O3/c1-6-32-11-9-12-33-13-10-14-38(40(32)33)42-41(47)43-39(24-49-42)44(53(8-3)26-36(7-2)48-4)51-45(50-43)57-30-46(19-20-46)29-52(5)25-31-17-21-54(22-18-31)37-16-15-34(27-55)35(23-37)28-56/h1,9-16,23-24,27-28,31,36,48H,7-8,17-22,25-26,29-30H2,2-5H3. The van der Waals surface area contributed by atoms with E-state index in [1.165, 1.54) is 0 Å². The van der Waals surface area contributed by atoms with Crippen LogP contribution in [0.4, 0.5) is 15.9 Å². The molecule has 2 fully saturated rings. The summed E-state index contributed by atoms with van der Waals surface area (Å²) in [5.74, 6) is 3.37. The first-order valence-corrected chi connectivity index (χ1v) is 20.1. The van der Waals surface area contributed by atoms with Crippen molar-refractivity contribution in [2.45, 2.75) is 52.0 Å². The Kier molecular flexibility index (Phi) is 12.1. The molecule has 296 valence electrons. The molecule has 1 atom stereocenters. The Morgan fingerprint density at radius 3 is 2.49 bits per heavy atom. The maximum Gasteiger partial charge on any atom is 0.319 e. The Bertz CT molecular complexity index is 2290. The minimum atomic E-state index is -0.536. The smallest absolute Gasteiger partial charge is 0.319 e. The highest BCUT2D eigenvalue weighted by molar-refractivity contribution is 6.02. The largest absolute Gasteiger partial charge is 0.463 e. The second-order valence-electron chi connectivity index (χ2n) is 15.8. The van der Waals surface area contributed by atoms with Gasteiger partial charge in [0.2, 0.25) is 0 Å². The Labute approximate surface area is 334 Å². The molecule has 1 aliphatic carbocycles. The molecule has 1 unspecified atom stereocenters. The molecular weight excluding hydrogens is 718 g/mol. The lowest BCUT2D eigenvalue weighted by Crippen LogP contribution is -2.40. The second-order valence-corrected chi connectivity index (χ2v) is 15.8. The quantitative estimate of drug-likeness (QED) is 0.0760. The van der Waals surface area contributed by atoms with Gasteiger partial charge in [-0.15, -0.1) is 6.42 Å². The molecule has 0 spiro atoms. The van der Waals surface area contributed by atoms with Crippen LogP contribution in [-0.4, -0.2) is 98.4 Å². The normalized spacial score (nSPS) is 15.8. The fourth-order valence-electron chi connectivity index (χ4n) is 8.39. The highest BCUT2D eigenvalue weighted by Gasteiger charge is 2.45. The molecule has 3 heterocycles. The van der Waals surface area contributed by atoms with Gasteiger partial charge in [-0.1, -0.05) is 43.2 Å². The minimum absolute atomic E-state index is 0.0279. The number of halogens is 1. The Balaban J connectivity index is 1.10. The zero-order valence-corrected chi connectivity index (χ0v) is 33.4. The summed E-state index contributed by atoms with van der Waals surface area (Å²) >= 11 is 0. The predicted molar refractivity (Wildman–Crippen MR) is 226 cm³/mol. The third-order valence-electron chi connectivity index (χ3n) is 11.9. The average molecular weight is 770 g/mol. The molecule has 3 aromatic carbocycles. The number of carbonyl (C=O) groups is 2. The van der Waals surface area contributed by atoms with Crippen molar-refractivity contribution in [3.05, 3.63) is 83.3 Å². The third kappa shape index (κ3) is 8.48. The predicted octanol–water partition coefficient (Wildman–Crippen LogP) is 7.42. The lowest BCUT2D eigenvalue weighted by atomic mass is 9.95. The number of aromatic nitrogens is 3. The van der Waals surface area contributed by atoms with Crippen LogP contribution in [0, 0.1) is 29.5 Å². The highest BCUT2D eigenvalue weighted by atomic mass is 19.1. The summed E-state index contributed by atoms with van der Waals surface area (Å²) in [6.07, 6.45) is 14.1. The summed E-state index contributed by atoms with van der Waals surface area (Å²) in [5, 5.41) is 5.60. The van der Waals surface area contributed by atoms with Crippen molar-refractivity contribution in [3.63, 3.8) is 0 Å². The molecule has 1 N–H and O–H groups in total. The number of likely N-dealkylation sites (N-methyl/N-ethyl adjacent to an activating group) is 2. The SMILES string of the molecule is C#Cc1cccc2cccc(-c3ncc4c(N(CC)CC(CC)NC)nc(OCC5(CN(C)CC6CCN(c7ccc(C=O)c(C=O)c7)CC6)CC5)nc4c3F)c12. The van der Waals surface area contributed by atoms with Gasteiger partial charge in [0.1, 0.15) is 17.0 Å². The summed E-state index contributed by atoms with van der Waals surface area (Å²) in [4.78, 5) is 44.0. The Morgan fingerprint density at radius 1 is 1.07 bits per heavy atom. The summed E-state index contributed by atoms with van der Waals surface area (Å²) in [6.45, 7) is 9.62. The minimum Gasteiger partial charge on any atom is -0.463 e. The van der Waals surface area contributed by atoms with Crippen LogP contribution >= 0.6 is 0 Å². The Hall–Kier alpha value is -5.44. The number of nitrogens with zero attached hydrogens (tertiary/aromatic N) is 6. The monoisotopic (exact) mass is 769 g/mol. The van der Waals surface area contributed by atoms with E-state index in [0.29, 0.717) is 59.1 Å². The van der Waals surface area contributed by atoms with Gasteiger partial charge in [0.05, 0.1) is 12.0 Å². The number of ether oxygens (including phenoxy) is 1. The number of fused-ring (bicyclic) bond motifs is 2. The van der Waals surface area contributed by atoms with E-state index in [1.807, 2.05) is 55.6 Å². The molecule has 0 amide bonds. The van der Waals surface area contributed by atoms with Crippen LogP contribution < -0.4 is 19.9 Å². The third-order valence-corrected chi connectivity index (χ3v) is 11.9. The van der Waals surface area contributed by atoms with E-state index in [-0.39, 0.29) is 28.7 Å². The number of hydrogen-bond acceptors (Lipinski definition) is 10. The van der Waals surface area contributed by atoms with E-state index in [2.05, 4.69) is 46.8 Å². The molecule has 2 aliphatic rings. The lowest BCUT2D eigenvalue weighted by Gasteiger charge is -2.36. The Morgan fingerprint density at radius 2 is 1.82 bits per heavy atom. The van der Waals surface area contributed by atoms with Gasteiger partial charge in [-0.25, -0.2) is 4.39 Å². The molecule has 0 radical (unpaired) electrons. The number of nitrogens with one attached hydrogen (secondary N) is 1. The number of aldehydes is 2. The number of rotatable bonds is 17. The number of hydrogen-bond donors (Lipinski definition) is 1. The molecule has 11 heteroatoms. The maximum absolute atomic E-state index is 17.0.